The fourth-order valence-corrected chi connectivity index (χ4v) is 3.97. The molecule has 0 aromatic heterocycles. The highest BCUT2D eigenvalue weighted by Gasteiger charge is 2.13. The van der Waals surface area contributed by atoms with Crippen LogP contribution in [0.5, 0.6) is 5.75 Å². The van der Waals surface area contributed by atoms with Gasteiger partial charge in [0.25, 0.3) is 0 Å². The summed E-state index contributed by atoms with van der Waals surface area (Å²) in [5.74, 6) is 0.538. The van der Waals surface area contributed by atoms with Crippen molar-refractivity contribution in [2.24, 2.45) is 0 Å². The van der Waals surface area contributed by atoms with Crippen molar-refractivity contribution in [3.05, 3.63) is 58.1 Å². The van der Waals surface area contributed by atoms with Crippen molar-refractivity contribution in [2.45, 2.75) is 37.1 Å². The van der Waals surface area contributed by atoms with E-state index in [4.69, 9.17) is 27.9 Å². The number of unbranched alkanes of at least 4 members (excludes halogenated alkanes) is 2. The number of sulfonamides is 1. The Labute approximate surface area is 181 Å². The van der Waals surface area contributed by atoms with Crippen molar-refractivity contribution in [2.75, 3.05) is 13.7 Å². The van der Waals surface area contributed by atoms with Crippen LogP contribution in [0.1, 0.15) is 31.2 Å². The highest BCUT2D eigenvalue weighted by atomic mass is 35.5. The first-order chi connectivity index (χ1) is 13.8. The van der Waals surface area contributed by atoms with Gasteiger partial charge in [-0.05, 0) is 54.8 Å². The van der Waals surface area contributed by atoms with E-state index in [2.05, 4.69) is 10.0 Å². The highest BCUT2D eigenvalue weighted by Crippen LogP contribution is 2.22. The fraction of sp³-hybridized carbons (Fsp3) is 0.350. The van der Waals surface area contributed by atoms with Crippen LogP contribution in [0.3, 0.4) is 0 Å². The lowest BCUT2D eigenvalue weighted by molar-refractivity contribution is -0.121. The largest absolute Gasteiger partial charge is 0.497 e. The van der Waals surface area contributed by atoms with Gasteiger partial charge in [-0.25, -0.2) is 13.1 Å². The summed E-state index contributed by atoms with van der Waals surface area (Å²) in [5, 5.41) is 3.76. The Morgan fingerprint density at radius 1 is 1.00 bits per heavy atom. The molecule has 0 fully saturated rings. The molecule has 0 saturated carbocycles. The summed E-state index contributed by atoms with van der Waals surface area (Å²) in [6.45, 7) is 0.705. The van der Waals surface area contributed by atoms with Crippen LogP contribution >= 0.6 is 23.2 Å². The normalized spacial score (nSPS) is 11.3. The molecule has 2 aromatic carbocycles. The Kier molecular flexibility index (Phi) is 9.23. The Hall–Kier alpha value is -1.80. The second kappa shape index (κ2) is 11.4. The minimum absolute atomic E-state index is 0.0603. The van der Waals surface area contributed by atoms with Crippen LogP contribution in [-0.4, -0.2) is 28.0 Å². The third-order valence-electron chi connectivity index (χ3n) is 4.22. The number of rotatable bonds is 11. The summed E-state index contributed by atoms with van der Waals surface area (Å²) < 4.78 is 32.0. The Balaban J connectivity index is 1.62. The fourth-order valence-electron chi connectivity index (χ4n) is 2.57. The average molecular weight is 459 g/mol. The molecule has 2 N–H and O–H groups in total. The van der Waals surface area contributed by atoms with E-state index in [1.54, 1.807) is 24.3 Å². The zero-order valence-corrected chi connectivity index (χ0v) is 18.4. The van der Waals surface area contributed by atoms with E-state index >= 15 is 0 Å². The van der Waals surface area contributed by atoms with E-state index in [0.717, 1.165) is 12.0 Å². The minimum Gasteiger partial charge on any atom is -0.497 e. The molecule has 0 spiro atoms. The number of carbonyl (C=O) groups excluding carboxylic acids is 1. The van der Waals surface area contributed by atoms with Gasteiger partial charge in [-0.2, -0.15) is 0 Å². The van der Waals surface area contributed by atoms with Crippen LogP contribution in [0.25, 0.3) is 0 Å². The van der Waals surface area contributed by atoms with Gasteiger partial charge in [0.1, 0.15) is 5.75 Å². The van der Waals surface area contributed by atoms with Crippen molar-refractivity contribution in [3.8, 4) is 5.75 Å². The number of methoxy groups -OCH3 is 1. The SMILES string of the molecule is COc1ccc(S(=O)(=O)NCCCCCC(=O)NCc2ccc(Cl)c(Cl)c2)cc1. The zero-order chi connectivity index (χ0) is 21.3. The lowest BCUT2D eigenvalue weighted by atomic mass is 10.2. The van der Waals surface area contributed by atoms with Gasteiger partial charge >= 0.3 is 0 Å². The number of halogens is 2. The summed E-state index contributed by atoms with van der Waals surface area (Å²) in [7, 11) is -2.02. The molecule has 29 heavy (non-hydrogen) atoms. The third-order valence-corrected chi connectivity index (χ3v) is 6.43. The molecular weight excluding hydrogens is 435 g/mol. The summed E-state index contributed by atoms with van der Waals surface area (Å²) >= 11 is 11.8. The number of benzene rings is 2. The molecule has 0 aliphatic carbocycles. The number of hydrogen-bond acceptors (Lipinski definition) is 4. The number of hydrogen-bond donors (Lipinski definition) is 2. The molecule has 6 nitrogen and oxygen atoms in total. The average Bonchev–Trinajstić information content (AvgIpc) is 2.71. The summed E-state index contributed by atoms with van der Waals surface area (Å²) in [6, 6.07) is 11.4. The second-order valence-electron chi connectivity index (χ2n) is 6.41. The molecule has 9 heteroatoms. The lowest BCUT2D eigenvalue weighted by Gasteiger charge is -2.08. The van der Waals surface area contributed by atoms with E-state index in [0.29, 0.717) is 48.1 Å². The molecule has 0 atom stereocenters. The first-order valence-electron chi connectivity index (χ1n) is 9.16. The number of nitrogens with one attached hydrogen (secondary N) is 2. The number of ether oxygens (including phenoxy) is 1. The van der Waals surface area contributed by atoms with E-state index < -0.39 is 10.0 Å². The molecule has 158 valence electrons. The molecule has 0 saturated heterocycles. The minimum atomic E-state index is -3.54. The predicted molar refractivity (Wildman–Crippen MR) is 115 cm³/mol. The van der Waals surface area contributed by atoms with Gasteiger partial charge in [0.05, 0.1) is 22.1 Å². The quantitative estimate of drug-likeness (QED) is 0.495. The summed E-state index contributed by atoms with van der Waals surface area (Å²) in [4.78, 5) is 12.1. The monoisotopic (exact) mass is 458 g/mol. The van der Waals surface area contributed by atoms with Gasteiger partial charge < -0.3 is 10.1 Å². The van der Waals surface area contributed by atoms with Crippen LogP contribution in [0.4, 0.5) is 0 Å². The van der Waals surface area contributed by atoms with Gasteiger partial charge in [-0.15, -0.1) is 0 Å². The molecule has 0 heterocycles. The third kappa shape index (κ3) is 7.85. The maximum absolute atomic E-state index is 12.2. The molecule has 0 aliphatic heterocycles. The van der Waals surface area contributed by atoms with Crippen LogP contribution < -0.4 is 14.8 Å². The van der Waals surface area contributed by atoms with Crippen molar-refractivity contribution < 1.29 is 17.9 Å². The highest BCUT2D eigenvalue weighted by molar-refractivity contribution is 7.89. The smallest absolute Gasteiger partial charge is 0.240 e. The molecular formula is C20H24Cl2N2O4S. The standard InChI is InChI=1S/C20H24Cl2N2O4S/c1-28-16-7-9-17(10-8-16)29(26,27)24-12-4-2-3-5-20(25)23-14-15-6-11-18(21)19(22)13-15/h6-11,13,24H,2-5,12,14H2,1H3,(H,23,25). The zero-order valence-electron chi connectivity index (χ0n) is 16.1. The predicted octanol–water partition coefficient (Wildman–Crippen LogP) is 4.16. The topological polar surface area (TPSA) is 84.5 Å². The number of amides is 1. The van der Waals surface area contributed by atoms with Gasteiger partial charge in [0, 0.05) is 19.5 Å². The molecule has 2 rings (SSSR count). The van der Waals surface area contributed by atoms with Crippen molar-refractivity contribution >= 4 is 39.1 Å². The van der Waals surface area contributed by atoms with Gasteiger partial charge in [0.2, 0.25) is 15.9 Å². The van der Waals surface area contributed by atoms with Gasteiger partial charge in [-0.3, -0.25) is 4.79 Å². The maximum Gasteiger partial charge on any atom is 0.240 e. The molecule has 0 aliphatic rings. The Morgan fingerprint density at radius 2 is 1.72 bits per heavy atom. The van der Waals surface area contributed by atoms with E-state index in [1.165, 1.54) is 19.2 Å². The van der Waals surface area contributed by atoms with Crippen LogP contribution in [-0.2, 0) is 21.4 Å². The van der Waals surface area contributed by atoms with Gasteiger partial charge in [0.15, 0.2) is 0 Å². The molecule has 1 amide bonds. The first-order valence-corrected chi connectivity index (χ1v) is 11.4. The van der Waals surface area contributed by atoms with Crippen LogP contribution in [0, 0.1) is 0 Å². The summed E-state index contributed by atoms with van der Waals surface area (Å²) in [5.41, 5.74) is 0.876. The summed E-state index contributed by atoms with van der Waals surface area (Å²) in [6.07, 6.45) is 2.45. The second-order valence-corrected chi connectivity index (χ2v) is 8.99. The van der Waals surface area contributed by atoms with Crippen LogP contribution in [0.15, 0.2) is 47.4 Å². The lowest BCUT2D eigenvalue weighted by Crippen LogP contribution is -2.25. The maximum atomic E-state index is 12.2. The Morgan fingerprint density at radius 3 is 2.38 bits per heavy atom. The molecule has 0 unspecified atom stereocenters. The van der Waals surface area contributed by atoms with Crippen molar-refractivity contribution in [1.29, 1.82) is 0 Å². The Bertz CT molecular complexity index is 919. The molecule has 0 bridgehead atoms. The van der Waals surface area contributed by atoms with Crippen LogP contribution in [0.2, 0.25) is 10.0 Å². The van der Waals surface area contributed by atoms with E-state index in [9.17, 15) is 13.2 Å². The van der Waals surface area contributed by atoms with E-state index in [-0.39, 0.29) is 10.8 Å². The van der Waals surface area contributed by atoms with Crippen molar-refractivity contribution in [1.82, 2.24) is 10.0 Å². The van der Waals surface area contributed by atoms with Gasteiger partial charge in [-0.1, -0.05) is 35.7 Å². The van der Waals surface area contributed by atoms with Crippen molar-refractivity contribution in [3.63, 3.8) is 0 Å². The molecule has 0 radical (unpaired) electrons. The van der Waals surface area contributed by atoms with E-state index in [1.807, 2.05) is 6.07 Å². The first kappa shape index (κ1) is 23.5. The number of carbonyl (C=O) groups is 1. The molecule has 2 aromatic rings.